The van der Waals surface area contributed by atoms with E-state index in [9.17, 15) is 33.6 Å². The molecule has 0 bridgehead atoms. The molecule has 0 saturated carbocycles. The first kappa shape index (κ1) is 45.6. The minimum Gasteiger partial charge on any atom is -0.497 e. The third-order valence-electron chi connectivity index (χ3n) is 11.0. The van der Waals surface area contributed by atoms with Crippen molar-refractivity contribution in [3.8, 4) is 5.75 Å². The Bertz CT molecular complexity index is 2300. The fourth-order valence-corrected chi connectivity index (χ4v) is 7.23. The number of benzene rings is 2. The van der Waals surface area contributed by atoms with Gasteiger partial charge in [0.05, 0.1) is 13.7 Å². The van der Waals surface area contributed by atoms with Gasteiger partial charge in [-0.25, -0.2) is 0 Å². The second-order valence-electron chi connectivity index (χ2n) is 16.5. The van der Waals surface area contributed by atoms with Crippen molar-refractivity contribution in [1.82, 2.24) is 41.0 Å². The van der Waals surface area contributed by atoms with Crippen molar-refractivity contribution in [2.75, 3.05) is 20.2 Å². The predicted molar refractivity (Wildman–Crippen MR) is 231 cm³/mol. The van der Waals surface area contributed by atoms with E-state index in [1.165, 1.54) is 36.6 Å². The Balaban J connectivity index is 1.58. The SMILES string of the molecule is COc1ccc(C[C@@H]2NC(=O)[C@H](CC(C)C)NC(=O)[C@@H](Cc3c[nH]c4ccccc34)NC(=O)CN(C(=O)c3ccc(C)n(C)c3=O)C[C@H](C(C)C)NC(=O)[C@@H](C)NC2=O)cc1. The van der Waals surface area contributed by atoms with Crippen LogP contribution in [0.15, 0.2) is 71.7 Å². The molecule has 1 fully saturated rings. The molecular weight excluding hydrogens is 781 g/mol. The number of nitrogens with one attached hydrogen (secondary N) is 6. The first-order chi connectivity index (χ1) is 28.9. The number of ether oxygens (including phenoxy) is 1. The van der Waals surface area contributed by atoms with E-state index < -0.39 is 77.8 Å². The third kappa shape index (κ3) is 11.6. The Hall–Kier alpha value is -6.45. The van der Waals surface area contributed by atoms with Crippen LogP contribution in [-0.2, 0) is 43.9 Å². The average Bonchev–Trinajstić information content (AvgIpc) is 3.63. The number of hydrogen-bond acceptors (Lipinski definition) is 8. The minimum absolute atomic E-state index is 0.00905. The molecule has 1 saturated heterocycles. The predicted octanol–water partition coefficient (Wildman–Crippen LogP) is 2.27. The zero-order valence-electron chi connectivity index (χ0n) is 36.1. The highest BCUT2D eigenvalue weighted by atomic mass is 16.5. The quantitative estimate of drug-likeness (QED) is 0.147. The molecule has 6 N–H and O–H groups in total. The Labute approximate surface area is 355 Å². The summed E-state index contributed by atoms with van der Waals surface area (Å²) >= 11 is 0. The van der Waals surface area contributed by atoms with E-state index in [4.69, 9.17) is 4.74 Å². The Kier molecular flexibility index (Phi) is 15.1. The van der Waals surface area contributed by atoms with Gasteiger partial charge in [-0.1, -0.05) is 58.0 Å². The second kappa shape index (κ2) is 20.2. The summed E-state index contributed by atoms with van der Waals surface area (Å²) in [5, 5.41) is 15.0. The fraction of sp³-hybridized carbons (Fsp3) is 0.444. The number of aryl methyl sites for hydroxylation is 1. The molecule has 1 aliphatic rings. The van der Waals surface area contributed by atoms with E-state index in [-0.39, 0.29) is 43.2 Å². The van der Waals surface area contributed by atoms with E-state index in [1.807, 2.05) is 52.0 Å². The average molecular weight is 839 g/mol. The molecule has 0 spiro atoms. The smallest absolute Gasteiger partial charge is 0.263 e. The van der Waals surface area contributed by atoms with E-state index >= 15 is 0 Å². The molecule has 0 aliphatic carbocycles. The van der Waals surface area contributed by atoms with Crippen molar-refractivity contribution in [2.24, 2.45) is 18.9 Å². The van der Waals surface area contributed by atoms with E-state index in [0.29, 0.717) is 22.6 Å². The van der Waals surface area contributed by atoms with Crippen molar-refractivity contribution >= 4 is 46.3 Å². The molecule has 5 rings (SSSR count). The number of rotatable bonds is 9. The van der Waals surface area contributed by atoms with Gasteiger partial charge in [0.2, 0.25) is 29.5 Å². The number of nitrogens with zero attached hydrogens (tertiary/aromatic N) is 2. The van der Waals surface area contributed by atoms with Gasteiger partial charge in [-0.2, -0.15) is 0 Å². The van der Waals surface area contributed by atoms with Crippen molar-refractivity contribution in [3.05, 3.63) is 99.6 Å². The van der Waals surface area contributed by atoms with Crippen LogP contribution in [0.25, 0.3) is 10.9 Å². The first-order valence-corrected chi connectivity index (χ1v) is 20.6. The van der Waals surface area contributed by atoms with Crippen LogP contribution in [0.2, 0.25) is 0 Å². The van der Waals surface area contributed by atoms with Crippen LogP contribution in [-0.4, -0.2) is 100 Å². The largest absolute Gasteiger partial charge is 0.497 e. The lowest BCUT2D eigenvalue weighted by Crippen LogP contribution is -2.60. The topological polar surface area (TPSA) is 213 Å². The van der Waals surface area contributed by atoms with Crippen molar-refractivity contribution in [1.29, 1.82) is 0 Å². The lowest BCUT2D eigenvalue weighted by Gasteiger charge is -2.32. The van der Waals surface area contributed by atoms with E-state index in [0.717, 1.165) is 10.9 Å². The summed E-state index contributed by atoms with van der Waals surface area (Å²) in [7, 11) is 3.07. The highest BCUT2D eigenvalue weighted by Gasteiger charge is 2.34. The van der Waals surface area contributed by atoms with Gasteiger partial charge < -0.3 is 45.8 Å². The van der Waals surface area contributed by atoms with Crippen LogP contribution >= 0.6 is 0 Å². The monoisotopic (exact) mass is 838 g/mol. The molecular formula is C45H58N8O8. The number of para-hydroxylation sites is 1. The van der Waals surface area contributed by atoms with Gasteiger partial charge in [0.1, 0.15) is 35.5 Å². The molecule has 3 heterocycles. The number of amides is 6. The number of H-pyrrole nitrogens is 1. The summed E-state index contributed by atoms with van der Waals surface area (Å²) in [6.07, 6.45) is 1.98. The third-order valence-corrected chi connectivity index (χ3v) is 11.0. The van der Waals surface area contributed by atoms with Gasteiger partial charge in [-0.15, -0.1) is 0 Å². The number of aromatic amines is 1. The summed E-state index contributed by atoms with van der Waals surface area (Å²) in [4.78, 5) is 103. The first-order valence-electron chi connectivity index (χ1n) is 20.6. The molecule has 2 aromatic carbocycles. The molecule has 326 valence electrons. The summed E-state index contributed by atoms with van der Waals surface area (Å²) in [6, 6.07) is 12.1. The van der Waals surface area contributed by atoms with Crippen molar-refractivity contribution in [2.45, 2.75) is 91.0 Å². The van der Waals surface area contributed by atoms with Gasteiger partial charge >= 0.3 is 0 Å². The number of methoxy groups -OCH3 is 1. The summed E-state index contributed by atoms with van der Waals surface area (Å²) < 4.78 is 6.62. The maximum Gasteiger partial charge on any atom is 0.263 e. The molecule has 61 heavy (non-hydrogen) atoms. The molecule has 2 aromatic heterocycles. The molecule has 16 nitrogen and oxygen atoms in total. The number of carbonyl (C=O) groups is 6. The minimum atomic E-state index is -1.24. The number of pyridine rings is 1. The normalized spacial score (nSPS) is 21.2. The highest BCUT2D eigenvalue weighted by molar-refractivity contribution is 5.98. The Morgan fingerprint density at radius 2 is 1.41 bits per heavy atom. The van der Waals surface area contributed by atoms with Gasteiger partial charge in [-0.3, -0.25) is 33.6 Å². The lowest BCUT2D eigenvalue weighted by atomic mass is 9.99. The van der Waals surface area contributed by atoms with E-state index in [1.54, 1.807) is 43.5 Å². The van der Waals surface area contributed by atoms with Crippen LogP contribution < -0.4 is 36.9 Å². The van der Waals surface area contributed by atoms with Crippen LogP contribution in [0.4, 0.5) is 0 Å². The second-order valence-corrected chi connectivity index (χ2v) is 16.5. The van der Waals surface area contributed by atoms with Crippen molar-refractivity contribution in [3.63, 3.8) is 0 Å². The Morgan fingerprint density at radius 1 is 0.770 bits per heavy atom. The van der Waals surface area contributed by atoms with Gasteiger partial charge in [0, 0.05) is 55.3 Å². The number of fused-ring (bicyclic) bond motifs is 1. The van der Waals surface area contributed by atoms with Crippen LogP contribution in [0.1, 0.15) is 68.2 Å². The maximum absolute atomic E-state index is 14.4. The van der Waals surface area contributed by atoms with Gasteiger partial charge in [0.25, 0.3) is 11.5 Å². The molecule has 1 aliphatic heterocycles. The molecule has 0 unspecified atom stereocenters. The van der Waals surface area contributed by atoms with Crippen molar-refractivity contribution < 1.29 is 33.5 Å². The maximum atomic E-state index is 14.4. The fourth-order valence-electron chi connectivity index (χ4n) is 7.23. The molecule has 5 atom stereocenters. The standard InChI is InChI=1S/C45H58N8O8/c1-25(2)19-35-42(57)50-36(20-29-14-16-31(61-8)17-15-29)41(56)47-28(6)40(55)51-38(26(3)4)23-53(45(60)33-18-13-27(5)52(7)44(33)59)24-39(54)48-37(43(58)49-35)21-30-22-46-34-12-10-9-11-32(30)34/h9-18,22,25-26,28,35-38,46H,19-21,23-24H2,1-8H3,(H,47,56)(H,48,54)(H,49,58)(H,50,57)(H,51,55)/t28-,35+,36+,37-,38-/m1/s1. The van der Waals surface area contributed by atoms with Crippen LogP contribution in [0.5, 0.6) is 5.75 Å². The van der Waals surface area contributed by atoms with Crippen LogP contribution in [0, 0.1) is 18.8 Å². The lowest BCUT2D eigenvalue weighted by molar-refractivity contribution is -0.135. The Morgan fingerprint density at radius 3 is 2.08 bits per heavy atom. The number of hydrogen-bond donors (Lipinski definition) is 6. The zero-order chi connectivity index (χ0) is 44.5. The summed E-state index contributed by atoms with van der Waals surface area (Å²) in [5.41, 5.74) is 2.09. The highest BCUT2D eigenvalue weighted by Crippen LogP contribution is 2.20. The molecule has 4 aromatic rings. The zero-order valence-corrected chi connectivity index (χ0v) is 36.1. The number of carbonyl (C=O) groups excluding carboxylic acids is 6. The molecule has 6 amide bonds. The summed E-state index contributed by atoms with van der Waals surface area (Å²) in [6.45, 7) is 9.86. The van der Waals surface area contributed by atoms with Crippen LogP contribution in [0.3, 0.4) is 0 Å². The van der Waals surface area contributed by atoms with Gasteiger partial charge in [-0.05, 0) is 73.6 Å². The number of aromatic nitrogens is 2. The molecule has 16 heteroatoms. The van der Waals surface area contributed by atoms with E-state index in [2.05, 4.69) is 31.6 Å². The summed E-state index contributed by atoms with van der Waals surface area (Å²) in [5.74, 6) is -3.76. The van der Waals surface area contributed by atoms with Gasteiger partial charge in [0.15, 0.2) is 0 Å². The molecule has 0 radical (unpaired) electrons.